The maximum Gasteiger partial charge on any atom is 0.270 e. The Hall–Kier alpha value is -2.97. The number of nitrogens with zero attached hydrogens (tertiary/aromatic N) is 2. The van der Waals surface area contributed by atoms with E-state index < -0.39 is 17.6 Å². The molecule has 25 heavy (non-hydrogen) atoms. The molecule has 0 aliphatic heterocycles. The molecule has 0 bridgehead atoms. The zero-order valence-corrected chi connectivity index (χ0v) is 13.5. The van der Waals surface area contributed by atoms with Crippen LogP contribution in [-0.2, 0) is 6.54 Å². The van der Waals surface area contributed by atoms with Crippen molar-refractivity contribution in [1.29, 1.82) is 0 Å². The zero-order valence-electron chi connectivity index (χ0n) is 13.5. The number of benzene rings is 2. The highest BCUT2D eigenvalue weighted by Gasteiger charge is 2.20. The van der Waals surface area contributed by atoms with Crippen LogP contribution in [0.15, 0.2) is 48.5 Å². The second-order valence-electron chi connectivity index (χ2n) is 5.26. The third kappa shape index (κ3) is 4.75. The van der Waals surface area contributed by atoms with E-state index in [2.05, 4.69) is 5.32 Å². The van der Waals surface area contributed by atoms with E-state index in [1.54, 1.807) is 0 Å². The Morgan fingerprint density at radius 2 is 1.88 bits per heavy atom. The van der Waals surface area contributed by atoms with E-state index in [0.29, 0.717) is 5.69 Å². The number of amides is 1. The van der Waals surface area contributed by atoms with Gasteiger partial charge in [0.15, 0.2) is 0 Å². The van der Waals surface area contributed by atoms with E-state index in [-0.39, 0.29) is 30.9 Å². The van der Waals surface area contributed by atoms with Crippen LogP contribution in [0.2, 0.25) is 0 Å². The maximum absolute atomic E-state index is 12.5. The molecule has 0 unspecified atom stereocenters. The molecule has 8 heteroatoms. The van der Waals surface area contributed by atoms with Crippen LogP contribution in [0.25, 0.3) is 0 Å². The molecule has 0 aromatic heterocycles. The van der Waals surface area contributed by atoms with Gasteiger partial charge in [0.2, 0.25) is 0 Å². The lowest BCUT2D eigenvalue weighted by molar-refractivity contribution is -0.384. The van der Waals surface area contributed by atoms with E-state index in [0.717, 1.165) is 11.6 Å². The first-order valence-electron chi connectivity index (χ1n) is 7.64. The van der Waals surface area contributed by atoms with Crippen LogP contribution in [0, 0.1) is 10.1 Å². The van der Waals surface area contributed by atoms with Crippen LogP contribution in [0.5, 0.6) is 0 Å². The Balaban J connectivity index is 2.29. The molecule has 132 valence electrons. The summed E-state index contributed by atoms with van der Waals surface area (Å²) in [5.74, 6) is -0.501. The molecule has 0 spiro atoms. The van der Waals surface area contributed by atoms with Gasteiger partial charge < -0.3 is 20.4 Å². The summed E-state index contributed by atoms with van der Waals surface area (Å²) in [5, 5.41) is 32.3. The van der Waals surface area contributed by atoms with Crippen LogP contribution < -0.4 is 10.2 Å². The van der Waals surface area contributed by atoms with Crippen molar-refractivity contribution >= 4 is 17.3 Å². The van der Waals surface area contributed by atoms with Crippen molar-refractivity contribution in [2.24, 2.45) is 0 Å². The number of hydrogen-bond acceptors (Lipinski definition) is 6. The largest absolute Gasteiger partial charge is 0.395 e. The molecule has 0 atom stereocenters. The smallest absolute Gasteiger partial charge is 0.270 e. The van der Waals surface area contributed by atoms with Gasteiger partial charge >= 0.3 is 0 Å². The van der Waals surface area contributed by atoms with Crippen LogP contribution in [0.3, 0.4) is 0 Å². The first kappa shape index (κ1) is 18.4. The van der Waals surface area contributed by atoms with Gasteiger partial charge in [-0.2, -0.15) is 0 Å². The number of nitrogens with one attached hydrogen (secondary N) is 1. The SMILES string of the molecule is O=C(NCc1ccccc1)c1cc([N+](=O)[O-])ccc1N(CO)CCO. The van der Waals surface area contributed by atoms with E-state index in [1.807, 2.05) is 30.3 Å². The number of carbonyl (C=O) groups excluding carboxylic acids is 1. The molecule has 0 fully saturated rings. The van der Waals surface area contributed by atoms with E-state index in [4.69, 9.17) is 5.11 Å². The first-order chi connectivity index (χ1) is 12.1. The second-order valence-corrected chi connectivity index (χ2v) is 5.26. The summed E-state index contributed by atoms with van der Waals surface area (Å²) in [7, 11) is 0. The van der Waals surface area contributed by atoms with Gasteiger partial charge in [-0.3, -0.25) is 14.9 Å². The monoisotopic (exact) mass is 345 g/mol. The standard InChI is InChI=1S/C17H19N3O5/c21-9-8-19(12-22)16-7-6-14(20(24)25)10-15(16)17(23)18-11-13-4-2-1-3-5-13/h1-7,10,21-22H,8-9,11-12H2,(H,18,23). The van der Waals surface area contributed by atoms with Crippen LogP contribution in [0.1, 0.15) is 15.9 Å². The number of aliphatic hydroxyl groups excluding tert-OH is 2. The van der Waals surface area contributed by atoms with Gasteiger partial charge in [0.1, 0.15) is 6.73 Å². The number of anilines is 1. The van der Waals surface area contributed by atoms with Gasteiger partial charge in [0.25, 0.3) is 11.6 Å². The molecular formula is C17H19N3O5. The van der Waals surface area contributed by atoms with Crippen molar-refractivity contribution < 1.29 is 19.9 Å². The van der Waals surface area contributed by atoms with Crippen LogP contribution in [-0.4, -0.2) is 40.9 Å². The number of rotatable bonds is 8. The Morgan fingerprint density at radius 3 is 2.48 bits per heavy atom. The lowest BCUT2D eigenvalue weighted by Gasteiger charge is -2.23. The molecule has 2 aromatic rings. The second kappa shape index (κ2) is 8.76. The average Bonchev–Trinajstić information content (AvgIpc) is 2.64. The van der Waals surface area contributed by atoms with Gasteiger partial charge in [-0.15, -0.1) is 0 Å². The Bertz CT molecular complexity index is 736. The number of nitro groups is 1. The van der Waals surface area contributed by atoms with Gasteiger partial charge in [0.05, 0.1) is 22.8 Å². The molecule has 0 saturated carbocycles. The third-order valence-corrected chi connectivity index (χ3v) is 3.61. The first-order valence-corrected chi connectivity index (χ1v) is 7.64. The van der Waals surface area contributed by atoms with E-state index in [1.165, 1.54) is 17.0 Å². The molecule has 0 aliphatic rings. The van der Waals surface area contributed by atoms with Crippen molar-refractivity contribution in [3.8, 4) is 0 Å². The molecule has 1 amide bonds. The predicted octanol–water partition coefficient (Wildman–Crippen LogP) is 1.27. The summed E-state index contributed by atoms with van der Waals surface area (Å²) >= 11 is 0. The Morgan fingerprint density at radius 1 is 1.16 bits per heavy atom. The summed E-state index contributed by atoms with van der Waals surface area (Å²) < 4.78 is 0. The normalized spacial score (nSPS) is 10.3. The summed E-state index contributed by atoms with van der Waals surface area (Å²) in [4.78, 5) is 24.3. The molecule has 0 radical (unpaired) electrons. The molecule has 2 rings (SSSR count). The van der Waals surface area contributed by atoms with E-state index in [9.17, 15) is 20.0 Å². The van der Waals surface area contributed by atoms with Crippen molar-refractivity contribution in [2.75, 3.05) is 24.8 Å². The highest BCUT2D eigenvalue weighted by molar-refractivity contribution is 6.00. The molecule has 0 saturated heterocycles. The minimum Gasteiger partial charge on any atom is -0.395 e. The predicted molar refractivity (Wildman–Crippen MR) is 92.2 cm³/mol. The molecule has 8 nitrogen and oxygen atoms in total. The zero-order chi connectivity index (χ0) is 18.2. The highest BCUT2D eigenvalue weighted by Crippen LogP contribution is 2.25. The number of aliphatic hydroxyl groups is 2. The van der Waals surface area contributed by atoms with Crippen molar-refractivity contribution in [2.45, 2.75) is 6.54 Å². The fourth-order valence-corrected chi connectivity index (χ4v) is 2.36. The fraction of sp³-hybridized carbons (Fsp3) is 0.235. The van der Waals surface area contributed by atoms with Crippen LogP contribution in [0.4, 0.5) is 11.4 Å². The fourth-order valence-electron chi connectivity index (χ4n) is 2.36. The third-order valence-electron chi connectivity index (χ3n) is 3.61. The Kier molecular flexibility index (Phi) is 6.44. The highest BCUT2D eigenvalue weighted by atomic mass is 16.6. The minimum absolute atomic E-state index is 0.0626. The summed E-state index contributed by atoms with van der Waals surface area (Å²) in [6, 6.07) is 13.0. The van der Waals surface area contributed by atoms with Crippen molar-refractivity contribution in [1.82, 2.24) is 5.32 Å². The van der Waals surface area contributed by atoms with Crippen molar-refractivity contribution in [3.05, 3.63) is 69.8 Å². The van der Waals surface area contributed by atoms with E-state index >= 15 is 0 Å². The quantitative estimate of drug-likeness (QED) is 0.377. The maximum atomic E-state index is 12.5. The number of nitro benzene ring substituents is 1. The minimum atomic E-state index is -0.590. The van der Waals surface area contributed by atoms with Gasteiger partial charge in [-0.05, 0) is 11.6 Å². The summed E-state index contributed by atoms with van der Waals surface area (Å²) in [5.41, 5.74) is 1.04. The lowest BCUT2D eigenvalue weighted by atomic mass is 10.1. The average molecular weight is 345 g/mol. The Labute approximate surface area is 144 Å². The topological polar surface area (TPSA) is 116 Å². The number of carbonyl (C=O) groups is 1. The summed E-state index contributed by atoms with van der Waals surface area (Å²) in [6.07, 6.45) is 0. The molecule has 0 aliphatic carbocycles. The van der Waals surface area contributed by atoms with Gasteiger partial charge in [-0.1, -0.05) is 30.3 Å². The van der Waals surface area contributed by atoms with Crippen LogP contribution >= 0.6 is 0 Å². The van der Waals surface area contributed by atoms with Crippen molar-refractivity contribution in [3.63, 3.8) is 0 Å². The molecular weight excluding hydrogens is 326 g/mol. The molecule has 0 heterocycles. The number of hydrogen-bond donors (Lipinski definition) is 3. The van der Waals surface area contributed by atoms with Gasteiger partial charge in [0, 0.05) is 25.2 Å². The molecule has 3 N–H and O–H groups in total. The lowest BCUT2D eigenvalue weighted by Crippen LogP contribution is -2.31. The molecule has 2 aromatic carbocycles. The number of non-ortho nitro benzene ring substituents is 1. The summed E-state index contributed by atoms with van der Waals surface area (Å²) in [6.45, 7) is -0.311. The van der Waals surface area contributed by atoms with Gasteiger partial charge in [-0.25, -0.2) is 0 Å².